The van der Waals surface area contributed by atoms with Crippen molar-refractivity contribution in [2.45, 2.75) is 117 Å². The minimum atomic E-state index is -2.96. The number of carbonyl (C=O) groups excluding carboxylic acids is 4. The highest BCUT2D eigenvalue weighted by atomic mass is 19.3. The molecule has 3 aromatic rings. The van der Waals surface area contributed by atoms with E-state index in [1.165, 1.54) is 27.1 Å². The fraction of sp³-hybridized carbons (Fsp3) is 0.519. The van der Waals surface area contributed by atoms with Gasteiger partial charge in [-0.25, -0.2) is 23.6 Å². The topological polar surface area (TPSA) is 236 Å². The number of hydrogen-bond acceptors (Lipinski definition) is 14. The van der Waals surface area contributed by atoms with Crippen LogP contribution in [0.5, 0.6) is 0 Å². The van der Waals surface area contributed by atoms with E-state index in [4.69, 9.17) is 25.9 Å². The number of allylic oxidation sites excluding steroid dienone is 1. The van der Waals surface area contributed by atoms with Gasteiger partial charge < -0.3 is 51.6 Å². The van der Waals surface area contributed by atoms with Crippen LogP contribution in [-0.2, 0) is 41.6 Å². The number of esters is 1. The summed E-state index contributed by atoms with van der Waals surface area (Å²) < 4.78 is 69.4. The van der Waals surface area contributed by atoms with Gasteiger partial charge in [-0.05, 0) is 78.1 Å². The van der Waals surface area contributed by atoms with Crippen LogP contribution in [0.15, 0.2) is 65.8 Å². The molecule has 8 N–H and O–H groups in total. The summed E-state index contributed by atoms with van der Waals surface area (Å²) in [6.45, 7) is 10.9. The predicted molar refractivity (Wildman–Crippen MR) is 276 cm³/mol. The van der Waals surface area contributed by atoms with Crippen molar-refractivity contribution in [3.05, 3.63) is 100 Å². The van der Waals surface area contributed by atoms with Gasteiger partial charge in [-0.1, -0.05) is 65.5 Å². The van der Waals surface area contributed by atoms with Crippen LogP contribution in [0.1, 0.15) is 88.6 Å². The van der Waals surface area contributed by atoms with E-state index in [9.17, 15) is 33.1 Å². The summed E-state index contributed by atoms with van der Waals surface area (Å²) in [4.78, 5) is 60.4. The van der Waals surface area contributed by atoms with E-state index in [0.29, 0.717) is 18.1 Å². The number of amides is 3. The van der Waals surface area contributed by atoms with Crippen LogP contribution < -0.4 is 32.3 Å². The largest absolute Gasteiger partial charge is 0.469 e. The number of piperazine rings is 1. The molecule has 2 bridgehead atoms. The molecule has 4 heterocycles. The van der Waals surface area contributed by atoms with Crippen LogP contribution in [-0.4, -0.2) is 135 Å². The molecular weight excluding hydrogens is 979 g/mol. The Bertz CT molecular complexity index is 2520. The first-order valence-corrected chi connectivity index (χ1v) is 24.7. The highest BCUT2D eigenvalue weighted by Gasteiger charge is 2.45. The fourth-order valence-electron chi connectivity index (χ4n) is 9.08. The average molecular weight is 1050 g/mol. The number of rotatable bonds is 18. The Hall–Kier alpha value is -6.60. The molecule has 17 nitrogen and oxygen atoms in total. The van der Waals surface area contributed by atoms with E-state index in [1.807, 2.05) is 57.2 Å². The number of alkyl halides is 2. The molecule has 75 heavy (non-hydrogen) atoms. The number of aromatic nitrogens is 1. The first-order chi connectivity index (χ1) is 35.4. The zero-order chi connectivity index (χ0) is 55.2. The molecule has 3 fully saturated rings. The molecule has 6 atom stereocenters. The normalized spacial score (nSPS) is 18.6. The number of ether oxygens (including phenoxy) is 3. The van der Waals surface area contributed by atoms with Crippen molar-refractivity contribution in [3.63, 3.8) is 0 Å². The number of hydrogen-bond donors (Lipinski definition) is 6. The summed E-state index contributed by atoms with van der Waals surface area (Å²) in [5, 5.41) is 19.7. The number of nitrogens with two attached hydrogens (primary N) is 2. The molecule has 2 unspecified atom stereocenters. The molecule has 2 aromatic carbocycles. The Kier molecular flexibility index (Phi) is 21.1. The van der Waals surface area contributed by atoms with Gasteiger partial charge in [0.2, 0.25) is 11.8 Å². The van der Waals surface area contributed by atoms with Crippen molar-refractivity contribution in [1.82, 2.24) is 25.8 Å². The molecule has 3 aliphatic rings. The number of anilines is 1. The van der Waals surface area contributed by atoms with E-state index >= 15 is 8.78 Å². The van der Waals surface area contributed by atoms with E-state index in [0.717, 1.165) is 73.2 Å². The Labute approximate surface area is 436 Å². The number of carbonyl (C=O) groups is 4. The van der Waals surface area contributed by atoms with Crippen LogP contribution in [0.2, 0.25) is 0 Å². The Morgan fingerprint density at radius 1 is 0.893 bits per heavy atom. The van der Waals surface area contributed by atoms with Crippen LogP contribution in [0.4, 0.5) is 28.2 Å². The lowest BCUT2D eigenvalue weighted by Crippen LogP contribution is -2.62. The highest BCUT2D eigenvalue weighted by molar-refractivity contribution is 5.87. The van der Waals surface area contributed by atoms with Gasteiger partial charge in [-0.3, -0.25) is 19.3 Å². The molecule has 3 amide bonds. The second-order valence-corrected chi connectivity index (χ2v) is 21.0. The third-order valence-electron chi connectivity index (χ3n) is 13.4. The first kappa shape index (κ1) is 59.3. The number of aliphatic hydroxyl groups is 1. The van der Waals surface area contributed by atoms with Crippen LogP contribution in [0.25, 0.3) is 5.70 Å². The van der Waals surface area contributed by atoms with Gasteiger partial charge in [-0.15, -0.1) is 0 Å². The number of primary amides is 1. The third kappa shape index (κ3) is 17.2. The standard InChI is InChI=1S/C45H54F4N8O5.C9H17NO3/c1-45(2,3)41(55-44(60)61-4)42(59)54-38(39(58)22-51-21-34-35(46)18-30(19-36(34)47)37(50)15-16-52-43(48)49)17-28-8-5-27(6-9-28)7-10-29-11-14-40(53-20-29)56-23-31-12-13-32(24-56)57(31)33-25-62-26-33;1-9(2,3)6(8(10)12)5-7(11)13-4/h5-6,8-9,11,14-16,18-20,31-33,38-39,41,43,51,58H,12-13,17,21-26,50H2,1-4H3,(H,54,59)(H,55,60);6H,5H2,1-4H3,(H2,10,12)/t31?,32?,38-,39-,41+;6-/m01/s1. The van der Waals surface area contributed by atoms with Gasteiger partial charge in [0, 0.05) is 78.6 Å². The number of aliphatic imine (C=N–C) groups is 1. The van der Waals surface area contributed by atoms with Gasteiger partial charge in [0.25, 0.3) is 0 Å². The van der Waals surface area contributed by atoms with Crippen molar-refractivity contribution in [2.75, 3.05) is 52.0 Å². The number of alkyl carbamates (subject to hydrolysis) is 1. The van der Waals surface area contributed by atoms with Crippen molar-refractivity contribution in [1.29, 1.82) is 0 Å². The SMILES string of the molecule is COC(=O)C[C@H](C(N)=O)C(C)(C)C.COC(=O)N[C@H](C(=O)N[C@@H](Cc1ccc(C#Cc2ccc(N3CC4CCC(C3)N4C3COC3)nc2)cc1)[C@@H](O)CNCc1c(F)cc(C(N)=CC=NC(F)F)cc1F)C(C)(C)C. The number of benzene rings is 2. The minimum absolute atomic E-state index is 0.0509. The first-order valence-electron chi connectivity index (χ1n) is 24.7. The molecule has 6 rings (SSSR count). The molecular formula is C54H71F4N9O8. The molecule has 3 aliphatic heterocycles. The van der Waals surface area contributed by atoms with Gasteiger partial charge in [0.15, 0.2) is 0 Å². The number of nitrogens with one attached hydrogen (secondary N) is 3. The molecule has 0 saturated carbocycles. The quantitative estimate of drug-likeness (QED) is 0.0322. The molecule has 408 valence electrons. The molecule has 1 aromatic heterocycles. The van der Waals surface area contributed by atoms with E-state index < -0.39 is 71.6 Å². The zero-order valence-electron chi connectivity index (χ0n) is 43.8. The minimum Gasteiger partial charge on any atom is -0.469 e. The van der Waals surface area contributed by atoms with E-state index in [-0.39, 0.29) is 48.2 Å². The molecule has 21 heteroatoms. The second-order valence-electron chi connectivity index (χ2n) is 21.0. The lowest BCUT2D eigenvalue weighted by molar-refractivity contribution is -0.145. The summed E-state index contributed by atoms with van der Waals surface area (Å²) in [6.07, 6.45) is 4.05. The van der Waals surface area contributed by atoms with Crippen LogP contribution in [0, 0.1) is 40.2 Å². The number of methoxy groups -OCH3 is 2. The lowest BCUT2D eigenvalue weighted by atomic mass is 9.78. The maximum Gasteiger partial charge on any atom is 0.407 e. The zero-order valence-corrected chi connectivity index (χ0v) is 43.8. The number of fused-ring (bicyclic) bond motifs is 2. The smallest absolute Gasteiger partial charge is 0.407 e. The number of halogens is 4. The molecule has 0 aliphatic carbocycles. The molecule has 0 radical (unpaired) electrons. The van der Waals surface area contributed by atoms with Crippen LogP contribution in [0.3, 0.4) is 0 Å². The maximum absolute atomic E-state index is 15.0. The fourth-order valence-corrected chi connectivity index (χ4v) is 9.08. The monoisotopic (exact) mass is 1050 g/mol. The summed E-state index contributed by atoms with van der Waals surface area (Å²) >= 11 is 0. The van der Waals surface area contributed by atoms with Crippen molar-refractivity contribution >= 4 is 41.6 Å². The number of aliphatic hydroxyl groups excluding tert-OH is 1. The number of nitrogens with zero attached hydrogens (tertiary/aromatic N) is 4. The highest BCUT2D eigenvalue weighted by Crippen LogP contribution is 2.35. The Balaban J connectivity index is 0.000000704. The third-order valence-corrected chi connectivity index (χ3v) is 13.4. The van der Waals surface area contributed by atoms with Crippen molar-refractivity contribution in [2.24, 2.45) is 33.2 Å². The van der Waals surface area contributed by atoms with Gasteiger partial charge in [0.05, 0.1) is 58.0 Å². The van der Waals surface area contributed by atoms with Gasteiger partial charge >= 0.3 is 18.6 Å². The summed E-state index contributed by atoms with van der Waals surface area (Å²) in [6, 6.07) is 12.9. The molecule has 0 spiro atoms. The average Bonchev–Trinajstić information content (AvgIpc) is 3.56. The van der Waals surface area contributed by atoms with Gasteiger partial charge in [0.1, 0.15) is 23.5 Å². The summed E-state index contributed by atoms with van der Waals surface area (Å²) in [7, 11) is 2.48. The molecule has 3 saturated heterocycles. The predicted octanol–water partition coefficient (Wildman–Crippen LogP) is 5.05. The van der Waals surface area contributed by atoms with Crippen molar-refractivity contribution in [3.8, 4) is 11.8 Å². The van der Waals surface area contributed by atoms with E-state index in [1.54, 1.807) is 27.0 Å². The summed E-state index contributed by atoms with van der Waals surface area (Å²) in [5.41, 5.74) is 11.6. The maximum atomic E-state index is 15.0. The van der Waals surface area contributed by atoms with Crippen molar-refractivity contribution < 1.29 is 56.1 Å². The van der Waals surface area contributed by atoms with E-state index in [2.05, 4.69) is 47.3 Å². The Morgan fingerprint density at radius 3 is 2.01 bits per heavy atom. The Morgan fingerprint density at radius 2 is 1.51 bits per heavy atom. The number of pyridine rings is 1. The van der Waals surface area contributed by atoms with Gasteiger partial charge in [-0.2, -0.15) is 8.78 Å². The lowest BCUT2D eigenvalue weighted by Gasteiger charge is -2.47. The van der Waals surface area contributed by atoms with Crippen LogP contribution >= 0.6 is 0 Å². The summed E-state index contributed by atoms with van der Waals surface area (Å²) in [5.74, 6) is 3.47. The second kappa shape index (κ2) is 26.7.